The Hall–Kier alpha value is -1.90. The van der Waals surface area contributed by atoms with Crippen LogP contribution in [0.4, 0.5) is 0 Å². The smallest absolute Gasteiger partial charge is 0.308 e. The Labute approximate surface area is 119 Å². The van der Waals surface area contributed by atoms with Gasteiger partial charge in [0.2, 0.25) is 0 Å². The average molecular weight is 276 g/mol. The maximum absolute atomic E-state index is 11.2. The first kappa shape index (κ1) is 16.2. The summed E-state index contributed by atoms with van der Waals surface area (Å²) >= 11 is 0. The first-order chi connectivity index (χ1) is 9.56. The number of carbonyl (C=O) groups excluding carboxylic acids is 1. The van der Waals surface area contributed by atoms with E-state index in [9.17, 15) is 9.90 Å². The van der Waals surface area contributed by atoms with Gasteiger partial charge in [0.05, 0.1) is 30.8 Å². The monoisotopic (exact) mass is 276 g/mol. The van der Waals surface area contributed by atoms with Gasteiger partial charge in [0, 0.05) is 12.6 Å². The van der Waals surface area contributed by atoms with Crippen LogP contribution in [0.2, 0.25) is 0 Å². The van der Waals surface area contributed by atoms with Crippen LogP contribution in [-0.2, 0) is 9.53 Å². The number of esters is 1. The normalized spacial score (nSPS) is 13.3. The summed E-state index contributed by atoms with van der Waals surface area (Å²) < 4.78 is 4.77. The molecule has 5 nitrogen and oxygen atoms in total. The Kier molecular flexibility index (Phi) is 6.71. The molecular formula is C15H20N2O3. The topological polar surface area (TPSA) is 82.3 Å². The summed E-state index contributed by atoms with van der Waals surface area (Å²) in [6, 6.07) is 9.34. The molecule has 0 aliphatic rings. The van der Waals surface area contributed by atoms with Crippen LogP contribution in [0.5, 0.6) is 0 Å². The van der Waals surface area contributed by atoms with E-state index < -0.39 is 12.1 Å². The van der Waals surface area contributed by atoms with Crippen LogP contribution < -0.4 is 5.32 Å². The summed E-state index contributed by atoms with van der Waals surface area (Å²) in [6.45, 7) is 4.31. The van der Waals surface area contributed by atoms with E-state index in [4.69, 9.17) is 10.00 Å². The van der Waals surface area contributed by atoms with E-state index in [-0.39, 0.29) is 12.5 Å². The van der Waals surface area contributed by atoms with Crippen molar-refractivity contribution in [3.05, 3.63) is 35.4 Å². The second kappa shape index (κ2) is 8.31. The number of hydrogen-bond acceptors (Lipinski definition) is 5. The van der Waals surface area contributed by atoms with Crippen LogP contribution in [0.15, 0.2) is 24.3 Å². The summed E-state index contributed by atoms with van der Waals surface area (Å²) in [5.41, 5.74) is 1.63. The molecule has 1 aromatic carbocycles. The van der Waals surface area contributed by atoms with Crippen molar-refractivity contribution in [2.45, 2.75) is 32.4 Å². The molecule has 0 bridgehead atoms. The zero-order chi connectivity index (χ0) is 15.0. The quantitative estimate of drug-likeness (QED) is 0.738. The van der Waals surface area contributed by atoms with E-state index in [0.717, 1.165) is 5.56 Å². The van der Waals surface area contributed by atoms with Gasteiger partial charge in [0.1, 0.15) is 0 Å². The maximum atomic E-state index is 11.2. The number of nitrogens with one attached hydrogen (secondary N) is 1. The number of nitriles is 1. The summed E-state index contributed by atoms with van der Waals surface area (Å²) in [5, 5.41) is 21.6. The van der Waals surface area contributed by atoms with Crippen molar-refractivity contribution in [2.24, 2.45) is 0 Å². The Morgan fingerprint density at radius 2 is 2.10 bits per heavy atom. The van der Waals surface area contributed by atoms with Crippen LogP contribution in [-0.4, -0.2) is 30.3 Å². The minimum Gasteiger partial charge on any atom is -0.466 e. The predicted octanol–water partition coefficient (Wildman–Crippen LogP) is 1.52. The van der Waals surface area contributed by atoms with Crippen LogP contribution in [0.25, 0.3) is 0 Å². The molecule has 108 valence electrons. The van der Waals surface area contributed by atoms with E-state index in [1.807, 2.05) is 19.1 Å². The zero-order valence-corrected chi connectivity index (χ0v) is 11.8. The lowest BCUT2D eigenvalue weighted by molar-refractivity contribution is -0.145. The summed E-state index contributed by atoms with van der Waals surface area (Å²) in [5.74, 6) is -0.396. The second-order valence-electron chi connectivity index (χ2n) is 4.53. The molecule has 2 atom stereocenters. The number of nitrogens with zero attached hydrogens (tertiary/aromatic N) is 1. The van der Waals surface area contributed by atoms with E-state index >= 15 is 0 Å². The number of carbonyl (C=O) groups is 1. The van der Waals surface area contributed by atoms with E-state index in [1.54, 1.807) is 19.1 Å². The number of benzene rings is 1. The molecule has 0 fully saturated rings. The Morgan fingerprint density at radius 3 is 2.65 bits per heavy atom. The summed E-state index contributed by atoms with van der Waals surface area (Å²) in [7, 11) is 0. The average Bonchev–Trinajstić information content (AvgIpc) is 2.45. The first-order valence-electron chi connectivity index (χ1n) is 6.64. The molecule has 1 aromatic rings. The molecule has 0 saturated carbocycles. The molecular weight excluding hydrogens is 256 g/mol. The van der Waals surface area contributed by atoms with Crippen molar-refractivity contribution < 1.29 is 14.6 Å². The van der Waals surface area contributed by atoms with Crippen molar-refractivity contribution in [3.63, 3.8) is 0 Å². The number of hydrogen-bond donors (Lipinski definition) is 2. The Bertz CT molecular complexity index is 465. The molecule has 0 aromatic heterocycles. The van der Waals surface area contributed by atoms with Crippen molar-refractivity contribution in [2.75, 3.05) is 13.2 Å². The Morgan fingerprint density at radius 1 is 1.45 bits per heavy atom. The van der Waals surface area contributed by atoms with Gasteiger partial charge in [-0.3, -0.25) is 4.79 Å². The number of rotatable bonds is 7. The third-order valence-corrected chi connectivity index (χ3v) is 2.91. The standard InChI is InChI=1S/C15H20N2O3/c1-3-20-15(19)8-14(18)10-17-11(2)13-6-4-12(9-16)5-7-13/h4-7,11,14,17-18H,3,8,10H2,1-2H3. The maximum Gasteiger partial charge on any atom is 0.308 e. The molecule has 0 aliphatic heterocycles. The number of aliphatic hydroxyl groups is 1. The molecule has 0 aliphatic carbocycles. The van der Waals surface area contributed by atoms with Crippen molar-refractivity contribution in [1.29, 1.82) is 5.26 Å². The highest BCUT2D eigenvalue weighted by molar-refractivity contribution is 5.69. The highest BCUT2D eigenvalue weighted by Crippen LogP contribution is 2.13. The third kappa shape index (κ3) is 5.39. The number of ether oxygens (including phenoxy) is 1. The highest BCUT2D eigenvalue weighted by atomic mass is 16.5. The molecule has 0 radical (unpaired) electrons. The van der Waals surface area contributed by atoms with Gasteiger partial charge in [-0.1, -0.05) is 12.1 Å². The van der Waals surface area contributed by atoms with Crippen LogP contribution in [0, 0.1) is 11.3 Å². The van der Waals surface area contributed by atoms with E-state index in [1.165, 1.54) is 0 Å². The lowest BCUT2D eigenvalue weighted by Crippen LogP contribution is -2.31. The van der Waals surface area contributed by atoms with Gasteiger partial charge in [-0.25, -0.2) is 0 Å². The number of aliphatic hydroxyl groups excluding tert-OH is 1. The summed E-state index contributed by atoms with van der Waals surface area (Å²) in [6.07, 6.45) is -0.782. The molecule has 2 unspecified atom stereocenters. The fourth-order valence-corrected chi connectivity index (χ4v) is 1.76. The molecule has 0 amide bonds. The minimum atomic E-state index is -0.769. The third-order valence-electron chi connectivity index (χ3n) is 2.91. The zero-order valence-electron chi connectivity index (χ0n) is 11.8. The van der Waals surface area contributed by atoms with Crippen LogP contribution >= 0.6 is 0 Å². The van der Waals surface area contributed by atoms with Gasteiger partial charge in [-0.05, 0) is 31.5 Å². The molecule has 20 heavy (non-hydrogen) atoms. The first-order valence-corrected chi connectivity index (χ1v) is 6.64. The van der Waals surface area contributed by atoms with Gasteiger partial charge in [0.25, 0.3) is 0 Å². The van der Waals surface area contributed by atoms with Gasteiger partial charge in [-0.15, -0.1) is 0 Å². The van der Waals surface area contributed by atoms with Gasteiger partial charge in [0.15, 0.2) is 0 Å². The highest BCUT2D eigenvalue weighted by Gasteiger charge is 2.13. The van der Waals surface area contributed by atoms with Crippen LogP contribution in [0.1, 0.15) is 37.4 Å². The molecule has 0 spiro atoms. The molecule has 0 heterocycles. The SMILES string of the molecule is CCOC(=O)CC(O)CNC(C)c1ccc(C#N)cc1. The van der Waals surface area contributed by atoms with Crippen LogP contribution in [0.3, 0.4) is 0 Å². The van der Waals surface area contributed by atoms with E-state index in [2.05, 4.69) is 11.4 Å². The van der Waals surface area contributed by atoms with Gasteiger partial charge in [-0.2, -0.15) is 5.26 Å². The molecule has 2 N–H and O–H groups in total. The molecule has 0 saturated heterocycles. The fraction of sp³-hybridized carbons (Fsp3) is 0.467. The Balaban J connectivity index is 2.40. The van der Waals surface area contributed by atoms with Gasteiger partial charge >= 0.3 is 5.97 Å². The van der Waals surface area contributed by atoms with Crippen molar-refractivity contribution in [3.8, 4) is 6.07 Å². The summed E-state index contributed by atoms with van der Waals surface area (Å²) in [4.78, 5) is 11.2. The van der Waals surface area contributed by atoms with Crippen molar-refractivity contribution in [1.82, 2.24) is 5.32 Å². The van der Waals surface area contributed by atoms with E-state index in [0.29, 0.717) is 18.7 Å². The second-order valence-corrected chi connectivity index (χ2v) is 4.53. The lowest BCUT2D eigenvalue weighted by atomic mass is 10.1. The molecule has 1 rings (SSSR count). The molecule has 5 heteroatoms. The van der Waals surface area contributed by atoms with Crippen molar-refractivity contribution >= 4 is 5.97 Å². The largest absolute Gasteiger partial charge is 0.466 e. The minimum absolute atomic E-state index is 0.0130. The van der Waals surface area contributed by atoms with Gasteiger partial charge < -0.3 is 15.2 Å². The lowest BCUT2D eigenvalue weighted by Gasteiger charge is -2.17. The predicted molar refractivity (Wildman–Crippen MR) is 74.8 cm³/mol. The fourth-order valence-electron chi connectivity index (χ4n) is 1.76.